The second-order valence-corrected chi connectivity index (χ2v) is 5.06. The van der Waals surface area contributed by atoms with Gasteiger partial charge in [0.25, 0.3) is 0 Å². The van der Waals surface area contributed by atoms with Gasteiger partial charge in [-0.05, 0) is 23.6 Å². The zero-order valence-corrected chi connectivity index (χ0v) is 11.6. The summed E-state index contributed by atoms with van der Waals surface area (Å²) < 4.78 is 13.4. The van der Waals surface area contributed by atoms with E-state index in [1.165, 1.54) is 12.3 Å². The highest BCUT2D eigenvalue weighted by Gasteiger charge is 2.37. The minimum Gasteiger partial charge on any atom is -0.301 e. The minimum absolute atomic E-state index is 0.113. The fourth-order valence-electron chi connectivity index (χ4n) is 2.88. The largest absolute Gasteiger partial charge is 0.301 e. The predicted octanol–water partition coefficient (Wildman–Crippen LogP) is 1.57. The van der Waals surface area contributed by atoms with Crippen molar-refractivity contribution in [2.75, 3.05) is 13.6 Å². The van der Waals surface area contributed by atoms with Gasteiger partial charge in [0.05, 0.1) is 12.2 Å². The summed E-state index contributed by atoms with van der Waals surface area (Å²) in [4.78, 5) is 17.5. The highest BCUT2D eigenvalue weighted by molar-refractivity contribution is 5.79. The standard InChI is InChI=1S/C14H17FN4O/c1-3-11-13(9-6-10(15)8-16-7-9)17-19-5-4-12(20)18(2)14(11)19/h6-8,13,17H,3-5H2,1-2H3. The third kappa shape index (κ3) is 1.96. The van der Waals surface area contributed by atoms with Gasteiger partial charge in [-0.3, -0.25) is 14.8 Å². The molecule has 0 spiro atoms. The van der Waals surface area contributed by atoms with Crippen LogP contribution in [0.25, 0.3) is 0 Å². The fraction of sp³-hybridized carbons (Fsp3) is 0.429. The number of hydrazine groups is 1. The smallest absolute Gasteiger partial charge is 0.229 e. The van der Waals surface area contributed by atoms with Crippen molar-refractivity contribution in [1.29, 1.82) is 0 Å². The van der Waals surface area contributed by atoms with E-state index in [1.54, 1.807) is 18.1 Å². The number of pyridine rings is 1. The highest BCUT2D eigenvalue weighted by Crippen LogP contribution is 2.36. The maximum atomic E-state index is 13.4. The van der Waals surface area contributed by atoms with Crippen molar-refractivity contribution < 1.29 is 9.18 Å². The number of fused-ring (bicyclic) bond motifs is 1. The van der Waals surface area contributed by atoms with Gasteiger partial charge in [-0.2, -0.15) is 0 Å². The van der Waals surface area contributed by atoms with Crippen molar-refractivity contribution >= 4 is 5.91 Å². The molecule has 20 heavy (non-hydrogen) atoms. The van der Waals surface area contributed by atoms with Crippen molar-refractivity contribution in [1.82, 2.24) is 20.3 Å². The van der Waals surface area contributed by atoms with Gasteiger partial charge in [0.1, 0.15) is 11.6 Å². The van der Waals surface area contributed by atoms with Crippen LogP contribution in [0.15, 0.2) is 29.9 Å². The van der Waals surface area contributed by atoms with Gasteiger partial charge in [-0.25, -0.2) is 9.82 Å². The van der Waals surface area contributed by atoms with Crippen LogP contribution in [-0.2, 0) is 4.79 Å². The highest BCUT2D eigenvalue weighted by atomic mass is 19.1. The Hall–Kier alpha value is -1.95. The molecule has 0 bridgehead atoms. The van der Waals surface area contributed by atoms with E-state index in [0.29, 0.717) is 13.0 Å². The average Bonchev–Trinajstić information content (AvgIpc) is 2.82. The van der Waals surface area contributed by atoms with Crippen LogP contribution in [0.2, 0.25) is 0 Å². The summed E-state index contributed by atoms with van der Waals surface area (Å²) in [7, 11) is 1.79. The number of carbonyl (C=O) groups excluding carboxylic acids is 1. The third-order valence-electron chi connectivity index (χ3n) is 3.86. The lowest BCUT2D eigenvalue weighted by Gasteiger charge is -2.33. The second-order valence-electron chi connectivity index (χ2n) is 5.06. The van der Waals surface area contributed by atoms with E-state index in [-0.39, 0.29) is 17.8 Å². The quantitative estimate of drug-likeness (QED) is 0.890. The number of hydrogen-bond acceptors (Lipinski definition) is 4. The Bertz CT molecular complexity index is 586. The molecule has 0 aliphatic carbocycles. The lowest BCUT2D eigenvalue weighted by Crippen LogP contribution is -2.46. The van der Waals surface area contributed by atoms with Gasteiger partial charge in [0.2, 0.25) is 5.91 Å². The summed E-state index contributed by atoms with van der Waals surface area (Å²) in [6.07, 6.45) is 4.13. The molecular weight excluding hydrogens is 259 g/mol. The molecule has 1 N–H and O–H groups in total. The molecule has 3 rings (SSSR count). The van der Waals surface area contributed by atoms with Crippen LogP contribution in [0.4, 0.5) is 4.39 Å². The Morgan fingerprint density at radius 1 is 1.50 bits per heavy atom. The monoisotopic (exact) mass is 276 g/mol. The van der Waals surface area contributed by atoms with Gasteiger partial charge in [-0.1, -0.05) is 6.92 Å². The molecule has 1 aromatic rings. The van der Waals surface area contributed by atoms with Crippen LogP contribution < -0.4 is 5.43 Å². The molecule has 1 aromatic heterocycles. The first-order valence-electron chi connectivity index (χ1n) is 6.75. The molecule has 1 atom stereocenters. The zero-order valence-electron chi connectivity index (χ0n) is 11.6. The molecular formula is C14H17FN4O. The van der Waals surface area contributed by atoms with Crippen molar-refractivity contribution in [3.05, 3.63) is 41.2 Å². The summed E-state index contributed by atoms with van der Waals surface area (Å²) in [5, 5.41) is 1.98. The normalized spacial score (nSPS) is 22.6. The number of carbonyl (C=O) groups is 1. The first-order valence-corrected chi connectivity index (χ1v) is 6.75. The van der Waals surface area contributed by atoms with E-state index in [9.17, 15) is 9.18 Å². The summed E-state index contributed by atoms with van der Waals surface area (Å²) in [5.74, 6) is 0.666. The van der Waals surface area contributed by atoms with Gasteiger partial charge < -0.3 is 4.90 Å². The molecule has 1 saturated heterocycles. The van der Waals surface area contributed by atoms with Crippen LogP contribution >= 0.6 is 0 Å². The Balaban J connectivity index is 2.02. The summed E-state index contributed by atoms with van der Waals surface area (Å²) in [5.41, 5.74) is 5.22. The summed E-state index contributed by atoms with van der Waals surface area (Å²) in [6.45, 7) is 2.68. The Morgan fingerprint density at radius 3 is 3.00 bits per heavy atom. The third-order valence-corrected chi connectivity index (χ3v) is 3.86. The Labute approximate surface area is 117 Å². The van der Waals surface area contributed by atoms with Crippen LogP contribution in [0.3, 0.4) is 0 Å². The molecule has 0 saturated carbocycles. The first kappa shape index (κ1) is 13.1. The molecule has 1 amide bonds. The maximum absolute atomic E-state index is 13.4. The second kappa shape index (κ2) is 4.86. The maximum Gasteiger partial charge on any atom is 0.229 e. The van der Waals surface area contributed by atoms with E-state index in [2.05, 4.69) is 10.4 Å². The molecule has 0 radical (unpaired) electrons. The summed E-state index contributed by atoms with van der Waals surface area (Å²) in [6, 6.07) is 1.37. The average molecular weight is 276 g/mol. The van der Waals surface area contributed by atoms with Gasteiger partial charge in [0.15, 0.2) is 0 Å². The minimum atomic E-state index is -0.348. The number of amides is 1. The van der Waals surface area contributed by atoms with Gasteiger partial charge >= 0.3 is 0 Å². The fourth-order valence-corrected chi connectivity index (χ4v) is 2.88. The topological polar surface area (TPSA) is 48.5 Å². The zero-order chi connectivity index (χ0) is 14.3. The van der Waals surface area contributed by atoms with Crippen LogP contribution in [0.5, 0.6) is 0 Å². The molecule has 3 heterocycles. The van der Waals surface area contributed by atoms with E-state index < -0.39 is 0 Å². The lowest BCUT2D eigenvalue weighted by atomic mass is 9.99. The molecule has 2 aliphatic rings. The van der Waals surface area contributed by atoms with Gasteiger partial charge in [0, 0.05) is 26.2 Å². The summed E-state index contributed by atoms with van der Waals surface area (Å²) >= 11 is 0. The van der Waals surface area contributed by atoms with E-state index >= 15 is 0 Å². The van der Waals surface area contributed by atoms with Crippen LogP contribution in [0.1, 0.15) is 31.4 Å². The number of halogens is 1. The predicted molar refractivity (Wildman–Crippen MR) is 71.5 cm³/mol. The number of rotatable bonds is 2. The Kier molecular flexibility index (Phi) is 3.17. The van der Waals surface area contributed by atoms with E-state index in [0.717, 1.165) is 23.4 Å². The molecule has 6 heteroatoms. The molecule has 1 unspecified atom stereocenters. The van der Waals surface area contributed by atoms with Crippen molar-refractivity contribution in [3.8, 4) is 0 Å². The SMILES string of the molecule is CCC1=C2N(CCC(=O)N2C)NC1c1cncc(F)c1. The van der Waals surface area contributed by atoms with Crippen molar-refractivity contribution in [2.45, 2.75) is 25.8 Å². The Morgan fingerprint density at radius 2 is 2.30 bits per heavy atom. The molecule has 5 nitrogen and oxygen atoms in total. The number of nitrogens with zero attached hydrogens (tertiary/aromatic N) is 3. The molecule has 106 valence electrons. The number of aromatic nitrogens is 1. The van der Waals surface area contributed by atoms with E-state index in [4.69, 9.17) is 0 Å². The number of nitrogens with one attached hydrogen (secondary N) is 1. The first-order chi connectivity index (χ1) is 9.61. The van der Waals surface area contributed by atoms with Gasteiger partial charge in [-0.15, -0.1) is 0 Å². The van der Waals surface area contributed by atoms with Crippen molar-refractivity contribution in [3.63, 3.8) is 0 Å². The molecule has 0 aromatic carbocycles. The lowest BCUT2D eigenvalue weighted by molar-refractivity contribution is -0.132. The number of hydrogen-bond donors (Lipinski definition) is 1. The molecule has 2 aliphatic heterocycles. The van der Waals surface area contributed by atoms with Crippen LogP contribution in [0, 0.1) is 5.82 Å². The van der Waals surface area contributed by atoms with Crippen LogP contribution in [-0.4, -0.2) is 34.4 Å². The van der Waals surface area contributed by atoms with Crippen molar-refractivity contribution in [2.24, 2.45) is 0 Å². The molecule has 1 fully saturated rings. The van der Waals surface area contributed by atoms with E-state index in [1.807, 2.05) is 11.9 Å².